The van der Waals surface area contributed by atoms with Crippen LogP contribution in [0.4, 0.5) is 0 Å². The van der Waals surface area contributed by atoms with Crippen LogP contribution in [0.3, 0.4) is 0 Å². The van der Waals surface area contributed by atoms with Crippen molar-refractivity contribution in [2.75, 3.05) is 6.61 Å². The van der Waals surface area contributed by atoms with Gasteiger partial charge in [0.1, 0.15) is 18.3 Å². The molecule has 0 aromatic rings. The van der Waals surface area contributed by atoms with Crippen LogP contribution < -0.4 is 0 Å². The fourth-order valence-corrected chi connectivity index (χ4v) is 0.909. The minimum absolute atomic E-state index is 0.618. The average Bonchev–Trinajstić information content (AvgIpc) is 2.80. The van der Waals surface area contributed by atoms with Crippen LogP contribution in [0.25, 0.3) is 0 Å². The van der Waals surface area contributed by atoms with Crippen LogP contribution in [0.1, 0.15) is 0 Å². The molecule has 4 N–H and O–H groups in total. The summed E-state index contributed by atoms with van der Waals surface area (Å²) in [4.78, 5) is 10.2. The first-order valence-corrected chi connectivity index (χ1v) is 3.43. The lowest BCUT2D eigenvalue weighted by Crippen LogP contribution is -2.35. The van der Waals surface area contributed by atoms with Gasteiger partial charge in [-0.2, -0.15) is 0 Å². The smallest absolute Gasteiger partial charge is 0.335 e. The molecule has 1 aliphatic rings. The molecule has 0 aromatic carbocycles. The van der Waals surface area contributed by atoms with Gasteiger partial charge in [0.2, 0.25) is 0 Å². The summed E-state index contributed by atoms with van der Waals surface area (Å²) in [6, 6.07) is 0. The lowest BCUT2D eigenvalue weighted by atomic mass is 10.1. The highest BCUT2D eigenvalue weighted by atomic mass is 16.6. The molecule has 12 heavy (non-hydrogen) atoms. The first-order chi connectivity index (χ1) is 5.57. The van der Waals surface area contributed by atoms with Gasteiger partial charge < -0.3 is 25.2 Å². The highest BCUT2D eigenvalue weighted by Gasteiger charge is 2.51. The van der Waals surface area contributed by atoms with Crippen molar-refractivity contribution in [3.63, 3.8) is 0 Å². The number of epoxide rings is 1. The van der Waals surface area contributed by atoms with E-state index < -0.39 is 37.0 Å². The third-order valence-electron chi connectivity index (χ3n) is 1.69. The number of aliphatic hydroxyl groups is 3. The predicted molar refractivity (Wildman–Crippen MR) is 35.4 cm³/mol. The molecule has 1 heterocycles. The Labute approximate surface area is 68.0 Å². The van der Waals surface area contributed by atoms with E-state index >= 15 is 0 Å². The minimum Gasteiger partial charge on any atom is -0.479 e. The maximum Gasteiger partial charge on any atom is 0.335 e. The van der Waals surface area contributed by atoms with Crippen molar-refractivity contribution in [2.24, 2.45) is 0 Å². The van der Waals surface area contributed by atoms with E-state index in [2.05, 4.69) is 4.74 Å². The summed E-state index contributed by atoms with van der Waals surface area (Å²) in [6.07, 6.45) is -4.64. The summed E-state index contributed by atoms with van der Waals surface area (Å²) in [5.41, 5.74) is 0. The lowest BCUT2D eigenvalue weighted by molar-refractivity contribution is -0.138. The van der Waals surface area contributed by atoms with Gasteiger partial charge in [0, 0.05) is 0 Å². The van der Waals surface area contributed by atoms with E-state index in [1.54, 1.807) is 0 Å². The number of hydrogen-bond donors (Lipinski definition) is 4. The van der Waals surface area contributed by atoms with Crippen molar-refractivity contribution in [2.45, 2.75) is 24.4 Å². The van der Waals surface area contributed by atoms with Crippen LogP contribution in [-0.4, -0.2) is 57.4 Å². The molecule has 6 nitrogen and oxygen atoms in total. The third kappa shape index (κ3) is 1.72. The van der Waals surface area contributed by atoms with Crippen molar-refractivity contribution >= 4 is 5.97 Å². The molecule has 1 aliphatic heterocycles. The first-order valence-electron chi connectivity index (χ1n) is 3.43. The largest absolute Gasteiger partial charge is 0.479 e. The van der Waals surface area contributed by atoms with Crippen molar-refractivity contribution in [1.82, 2.24) is 0 Å². The second kappa shape index (κ2) is 3.36. The number of carbonyl (C=O) groups is 1. The number of aliphatic carboxylic acids is 1. The van der Waals surface area contributed by atoms with Crippen molar-refractivity contribution in [1.29, 1.82) is 0 Å². The highest BCUT2D eigenvalue weighted by Crippen LogP contribution is 2.27. The van der Waals surface area contributed by atoms with E-state index in [9.17, 15) is 4.79 Å². The summed E-state index contributed by atoms with van der Waals surface area (Å²) >= 11 is 0. The maximum absolute atomic E-state index is 10.2. The molecule has 0 amide bonds. The van der Waals surface area contributed by atoms with Crippen LogP contribution in [-0.2, 0) is 9.53 Å². The molecular weight excluding hydrogens is 168 g/mol. The van der Waals surface area contributed by atoms with Gasteiger partial charge in [0.05, 0.1) is 6.61 Å². The van der Waals surface area contributed by atoms with E-state index in [-0.39, 0.29) is 0 Å². The number of hydrogen-bond acceptors (Lipinski definition) is 5. The molecule has 0 spiro atoms. The molecule has 70 valence electrons. The zero-order valence-corrected chi connectivity index (χ0v) is 6.12. The van der Waals surface area contributed by atoms with Gasteiger partial charge in [0.15, 0.2) is 6.10 Å². The quantitative estimate of drug-likeness (QED) is 0.356. The van der Waals surface area contributed by atoms with E-state index in [0.717, 1.165) is 0 Å². The van der Waals surface area contributed by atoms with Crippen molar-refractivity contribution in [3.8, 4) is 0 Å². The maximum atomic E-state index is 10.2. The SMILES string of the molecule is O=C(O)[C@@H]1O[C@@H]1[C@@H](O)[C@H](O)CO. The van der Waals surface area contributed by atoms with Crippen molar-refractivity contribution in [3.05, 3.63) is 0 Å². The predicted octanol–water partition coefficient (Wildman–Crippen LogP) is -2.45. The summed E-state index contributed by atoms with van der Waals surface area (Å²) in [5, 5.41) is 34.7. The van der Waals surface area contributed by atoms with Gasteiger partial charge >= 0.3 is 5.97 Å². The third-order valence-corrected chi connectivity index (χ3v) is 1.69. The average molecular weight is 178 g/mol. The van der Waals surface area contributed by atoms with Crippen LogP contribution in [0.5, 0.6) is 0 Å². The second-order valence-electron chi connectivity index (χ2n) is 2.60. The number of carboxylic acids is 1. The van der Waals surface area contributed by atoms with Crippen molar-refractivity contribution < 1.29 is 30.0 Å². The molecule has 0 aromatic heterocycles. The fourth-order valence-electron chi connectivity index (χ4n) is 0.909. The van der Waals surface area contributed by atoms with Crippen LogP contribution >= 0.6 is 0 Å². The summed E-state index contributed by atoms with van der Waals surface area (Å²) < 4.78 is 4.54. The zero-order valence-electron chi connectivity index (χ0n) is 6.12. The Balaban J connectivity index is 2.37. The van der Waals surface area contributed by atoms with Crippen LogP contribution in [0.2, 0.25) is 0 Å². The van der Waals surface area contributed by atoms with Gasteiger partial charge in [0.25, 0.3) is 0 Å². The Morgan fingerprint density at radius 1 is 1.50 bits per heavy atom. The number of ether oxygens (including phenoxy) is 1. The number of aliphatic hydroxyl groups excluding tert-OH is 3. The monoisotopic (exact) mass is 178 g/mol. The van der Waals surface area contributed by atoms with E-state index in [0.29, 0.717) is 0 Å². The first kappa shape index (κ1) is 9.40. The molecule has 6 heteroatoms. The summed E-state index contributed by atoms with van der Waals surface area (Å²) in [6.45, 7) is -0.618. The molecule has 1 fully saturated rings. The molecular formula is C6H10O6. The second-order valence-corrected chi connectivity index (χ2v) is 2.60. The van der Waals surface area contributed by atoms with E-state index in [1.165, 1.54) is 0 Å². The number of carboxylic acid groups (broad SMARTS) is 1. The van der Waals surface area contributed by atoms with Gasteiger partial charge in [-0.05, 0) is 0 Å². The fraction of sp³-hybridized carbons (Fsp3) is 0.833. The molecule has 1 rings (SSSR count). The molecule has 0 saturated carbocycles. The normalized spacial score (nSPS) is 32.6. The molecule has 0 radical (unpaired) electrons. The number of rotatable bonds is 4. The molecule has 1 saturated heterocycles. The van der Waals surface area contributed by atoms with Gasteiger partial charge in [-0.25, -0.2) is 4.79 Å². The zero-order chi connectivity index (χ0) is 9.30. The van der Waals surface area contributed by atoms with E-state index in [1.807, 2.05) is 0 Å². The Morgan fingerprint density at radius 2 is 2.08 bits per heavy atom. The minimum atomic E-state index is -1.35. The molecule has 0 bridgehead atoms. The summed E-state index contributed by atoms with van der Waals surface area (Å²) in [5.74, 6) is -1.18. The molecule has 4 atom stereocenters. The van der Waals surface area contributed by atoms with Gasteiger partial charge in [-0.3, -0.25) is 0 Å². The van der Waals surface area contributed by atoms with Crippen LogP contribution in [0, 0.1) is 0 Å². The lowest BCUT2D eigenvalue weighted by Gasteiger charge is -2.11. The Kier molecular flexibility index (Phi) is 2.63. The Hall–Kier alpha value is -0.690. The van der Waals surface area contributed by atoms with E-state index in [4.69, 9.17) is 20.4 Å². The summed E-state index contributed by atoms with van der Waals surface area (Å²) in [7, 11) is 0. The Morgan fingerprint density at radius 3 is 2.42 bits per heavy atom. The molecule has 0 aliphatic carbocycles. The standard InChI is InChI=1S/C6H10O6/c7-1-2(8)3(9)4-5(12-4)6(10)11/h2-5,7-9H,1H2,(H,10,11)/t2-,3+,4-,5-/m1/s1. The Bertz CT molecular complexity index is 181. The van der Waals surface area contributed by atoms with Crippen LogP contribution in [0.15, 0.2) is 0 Å². The van der Waals surface area contributed by atoms with Gasteiger partial charge in [-0.1, -0.05) is 0 Å². The highest BCUT2D eigenvalue weighted by molar-refractivity contribution is 5.75. The topological polar surface area (TPSA) is 111 Å². The molecule has 0 unspecified atom stereocenters. The van der Waals surface area contributed by atoms with Gasteiger partial charge in [-0.15, -0.1) is 0 Å².